The van der Waals surface area contributed by atoms with E-state index in [0.29, 0.717) is 31.1 Å². The molecule has 92 valence electrons. The van der Waals surface area contributed by atoms with Gasteiger partial charge in [0.25, 0.3) is 0 Å². The van der Waals surface area contributed by atoms with Gasteiger partial charge in [0.05, 0.1) is 24.6 Å². The second-order valence-corrected chi connectivity index (χ2v) is 4.72. The topological polar surface area (TPSA) is 76.4 Å². The third-order valence-electron chi connectivity index (χ3n) is 2.51. The number of nitrogen functional groups attached to an aromatic ring is 1. The van der Waals surface area contributed by atoms with E-state index in [-0.39, 0.29) is 11.9 Å². The number of anilines is 2. The highest BCUT2D eigenvalue weighted by Crippen LogP contribution is 2.23. The first-order chi connectivity index (χ1) is 8.16. The van der Waals surface area contributed by atoms with Crippen LogP contribution in [0.3, 0.4) is 0 Å². The van der Waals surface area contributed by atoms with Gasteiger partial charge in [-0.3, -0.25) is 4.79 Å². The predicted octanol–water partition coefficient (Wildman–Crippen LogP) is 0.958. The van der Waals surface area contributed by atoms with Gasteiger partial charge in [-0.05, 0) is 18.2 Å². The third-order valence-corrected chi connectivity index (χ3v) is 3.00. The molecule has 0 bridgehead atoms. The summed E-state index contributed by atoms with van der Waals surface area (Å²) >= 11 is 3.31. The Bertz CT molecular complexity index is 419. The zero-order valence-electron chi connectivity index (χ0n) is 9.20. The van der Waals surface area contributed by atoms with Gasteiger partial charge in [0, 0.05) is 11.0 Å². The van der Waals surface area contributed by atoms with Crippen LogP contribution in [0.4, 0.5) is 11.4 Å². The molecule has 1 aromatic rings. The van der Waals surface area contributed by atoms with E-state index in [1.54, 1.807) is 12.1 Å². The number of morpholine rings is 1. The molecule has 4 N–H and O–H groups in total. The minimum atomic E-state index is -0.313. The molecule has 5 nitrogen and oxygen atoms in total. The molecule has 1 atom stereocenters. The van der Waals surface area contributed by atoms with E-state index in [1.165, 1.54) is 0 Å². The van der Waals surface area contributed by atoms with E-state index in [2.05, 4.69) is 26.6 Å². The van der Waals surface area contributed by atoms with Crippen LogP contribution in [-0.4, -0.2) is 31.7 Å². The Labute approximate surface area is 108 Å². The highest BCUT2D eigenvalue weighted by molar-refractivity contribution is 9.10. The number of ether oxygens (including phenoxy) is 1. The lowest BCUT2D eigenvalue weighted by Gasteiger charge is -2.23. The Kier molecular flexibility index (Phi) is 3.98. The average molecular weight is 300 g/mol. The van der Waals surface area contributed by atoms with Crippen molar-refractivity contribution in [1.82, 2.24) is 5.32 Å². The maximum absolute atomic E-state index is 11.9. The molecule has 1 aliphatic rings. The van der Waals surface area contributed by atoms with Gasteiger partial charge in [-0.15, -0.1) is 0 Å². The highest BCUT2D eigenvalue weighted by Gasteiger charge is 2.21. The summed E-state index contributed by atoms with van der Waals surface area (Å²) in [6.45, 7) is 1.72. The lowest BCUT2D eigenvalue weighted by molar-refractivity contribution is -0.120. The van der Waals surface area contributed by atoms with Crippen LogP contribution in [0, 0.1) is 0 Å². The molecule has 0 aromatic heterocycles. The molecule has 1 unspecified atom stereocenters. The summed E-state index contributed by atoms with van der Waals surface area (Å²) in [5.41, 5.74) is 6.95. The molecule has 0 aliphatic carbocycles. The molecule has 6 heteroatoms. The molecular formula is C11H14BrN3O2. The van der Waals surface area contributed by atoms with Crippen molar-refractivity contribution in [2.24, 2.45) is 0 Å². The second-order valence-electron chi connectivity index (χ2n) is 3.80. The summed E-state index contributed by atoms with van der Waals surface area (Å²) in [6, 6.07) is 5.03. The van der Waals surface area contributed by atoms with Crippen LogP contribution in [0.15, 0.2) is 22.7 Å². The summed E-state index contributed by atoms with van der Waals surface area (Å²) in [5, 5.41) is 5.86. The van der Waals surface area contributed by atoms with Crippen molar-refractivity contribution >= 4 is 33.2 Å². The first-order valence-electron chi connectivity index (χ1n) is 5.34. The van der Waals surface area contributed by atoms with Gasteiger partial charge in [0.1, 0.15) is 6.04 Å². The summed E-state index contributed by atoms with van der Waals surface area (Å²) < 4.78 is 6.11. The van der Waals surface area contributed by atoms with Gasteiger partial charge >= 0.3 is 0 Å². The minimum Gasteiger partial charge on any atom is -0.397 e. The van der Waals surface area contributed by atoms with Gasteiger partial charge < -0.3 is 21.1 Å². The maximum atomic E-state index is 11.9. The quantitative estimate of drug-likeness (QED) is 0.711. The number of nitrogens with one attached hydrogen (secondary N) is 2. The molecule has 0 saturated carbocycles. The number of benzene rings is 1. The van der Waals surface area contributed by atoms with Gasteiger partial charge in [0.15, 0.2) is 0 Å². The Balaban J connectivity index is 2.02. The number of carbonyl (C=O) groups is 1. The van der Waals surface area contributed by atoms with Crippen molar-refractivity contribution in [3.8, 4) is 0 Å². The van der Waals surface area contributed by atoms with Crippen molar-refractivity contribution in [2.45, 2.75) is 6.04 Å². The van der Waals surface area contributed by atoms with Crippen molar-refractivity contribution in [2.75, 3.05) is 30.8 Å². The van der Waals surface area contributed by atoms with Crippen molar-refractivity contribution in [1.29, 1.82) is 0 Å². The fraction of sp³-hybridized carbons (Fsp3) is 0.364. The first kappa shape index (κ1) is 12.3. The van der Waals surface area contributed by atoms with Crippen LogP contribution in [0.5, 0.6) is 0 Å². The molecule has 1 aromatic carbocycles. The van der Waals surface area contributed by atoms with Gasteiger partial charge in [-0.25, -0.2) is 0 Å². The van der Waals surface area contributed by atoms with Crippen molar-refractivity contribution < 1.29 is 9.53 Å². The largest absolute Gasteiger partial charge is 0.397 e. The fourth-order valence-electron chi connectivity index (χ4n) is 1.60. The fourth-order valence-corrected chi connectivity index (χ4v) is 1.98. The standard InChI is InChI=1S/C11H14BrN3O2/c12-7-1-2-9(8(13)5-7)15-11(16)10-6-17-4-3-14-10/h1-2,5,10,14H,3-4,6,13H2,(H,15,16). The zero-order chi connectivity index (χ0) is 12.3. The number of amides is 1. The van der Waals surface area contributed by atoms with Gasteiger partial charge in [0.2, 0.25) is 5.91 Å². The lowest BCUT2D eigenvalue weighted by Crippen LogP contribution is -2.48. The van der Waals surface area contributed by atoms with E-state index < -0.39 is 0 Å². The number of halogens is 1. The Morgan fingerprint density at radius 1 is 1.59 bits per heavy atom. The van der Waals surface area contributed by atoms with E-state index in [9.17, 15) is 4.79 Å². The van der Waals surface area contributed by atoms with Gasteiger partial charge in [-0.1, -0.05) is 15.9 Å². The van der Waals surface area contributed by atoms with Crippen LogP contribution < -0.4 is 16.4 Å². The molecular weight excluding hydrogens is 286 g/mol. The first-order valence-corrected chi connectivity index (χ1v) is 6.13. The van der Waals surface area contributed by atoms with Crippen molar-refractivity contribution in [3.05, 3.63) is 22.7 Å². The Morgan fingerprint density at radius 3 is 3.06 bits per heavy atom. The summed E-state index contributed by atoms with van der Waals surface area (Å²) in [4.78, 5) is 11.9. The monoisotopic (exact) mass is 299 g/mol. The SMILES string of the molecule is Nc1cc(Br)ccc1NC(=O)C1COCCN1. The smallest absolute Gasteiger partial charge is 0.243 e. The van der Waals surface area contributed by atoms with Crippen LogP contribution in [0.25, 0.3) is 0 Å². The van der Waals surface area contributed by atoms with Crippen LogP contribution in [0.1, 0.15) is 0 Å². The molecule has 1 heterocycles. The molecule has 0 radical (unpaired) electrons. The molecule has 1 saturated heterocycles. The zero-order valence-corrected chi connectivity index (χ0v) is 10.8. The van der Waals surface area contributed by atoms with Crippen molar-refractivity contribution in [3.63, 3.8) is 0 Å². The minimum absolute atomic E-state index is 0.126. The van der Waals surface area contributed by atoms with Crippen LogP contribution in [0.2, 0.25) is 0 Å². The second kappa shape index (κ2) is 5.48. The third kappa shape index (κ3) is 3.18. The molecule has 17 heavy (non-hydrogen) atoms. The summed E-state index contributed by atoms with van der Waals surface area (Å²) in [6.07, 6.45) is 0. The number of hydrogen-bond donors (Lipinski definition) is 3. The molecule has 1 aliphatic heterocycles. The van der Waals surface area contributed by atoms with Crippen LogP contribution >= 0.6 is 15.9 Å². The van der Waals surface area contributed by atoms with Crippen LogP contribution in [-0.2, 0) is 9.53 Å². The maximum Gasteiger partial charge on any atom is 0.243 e. The normalized spacial score (nSPS) is 19.9. The Morgan fingerprint density at radius 2 is 2.41 bits per heavy atom. The molecule has 0 spiro atoms. The van der Waals surface area contributed by atoms with E-state index in [4.69, 9.17) is 10.5 Å². The lowest BCUT2D eigenvalue weighted by atomic mass is 10.2. The number of rotatable bonds is 2. The molecule has 1 amide bonds. The van der Waals surface area contributed by atoms with E-state index in [1.807, 2.05) is 6.07 Å². The summed E-state index contributed by atoms with van der Waals surface area (Å²) in [5.74, 6) is -0.126. The number of hydrogen-bond acceptors (Lipinski definition) is 4. The average Bonchev–Trinajstić information content (AvgIpc) is 2.34. The number of nitrogens with two attached hydrogens (primary N) is 1. The predicted molar refractivity (Wildman–Crippen MR) is 69.8 cm³/mol. The van der Waals surface area contributed by atoms with E-state index in [0.717, 1.165) is 4.47 Å². The summed E-state index contributed by atoms with van der Waals surface area (Å²) in [7, 11) is 0. The molecule has 2 rings (SSSR count). The molecule has 1 fully saturated rings. The number of carbonyl (C=O) groups excluding carboxylic acids is 1. The van der Waals surface area contributed by atoms with Gasteiger partial charge in [-0.2, -0.15) is 0 Å². The Hall–Kier alpha value is -1.11. The van der Waals surface area contributed by atoms with E-state index >= 15 is 0 Å². The highest BCUT2D eigenvalue weighted by atomic mass is 79.9.